The van der Waals surface area contributed by atoms with Gasteiger partial charge in [0.05, 0.1) is 0 Å². The maximum absolute atomic E-state index is 12.1. The van der Waals surface area contributed by atoms with E-state index in [4.69, 9.17) is 0 Å². The normalized spacial score (nSPS) is 16.0. The summed E-state index contributed by atoms with van der Waals surface area (Å²) < 4.78 is 2.15. The molecule has 1 saturated heterocycles. The van der Waals surface area contributed by atoms with Crippen LogP contribution in [0.4, 0.5) is 4.79 Å². The number of nitrogens with one attached hydrogen (secondary N) is 1. The van der Waals surface area contributed by atoms with E-state index in [2.05, 4.69) is 28.1 Å². The molecule has 3 amide bonds. The van der Waals surface area contributed by atoms with Gasteiger partial charge in [0.15, 0.2) is 0 Å². The highest BCUT2D eigenvalue weighted by Crippen LogP contribution is 2.25. The zero-order valence-corrected chi connectivity index (χ0v) is 13.8. The number of amides is 3. The SMILES string of the molecule is CN1C(=O)N/C(=C/c2cn(Cc3ccccc3)c3ccccc23)C1=O. The van der Waals surface area contributed by atoms with Crippen LogP contribution in [0, 0.1) is 0 Å². The lowest BCUT2D eigenvalue weighted by molar-refractivity contribution is -0.121. The van der Waals surface area contributed by atoms with Crippen molar-refractivity contribution in [3.05, 3.63) is 77.6 Å². The molecule has 0 unspecified atom stereocenters. The Morgan fingerprint density at radius 3 is 2.44 bits per heavy atom. The Morgan fingerprint density at radius 1 is 1.00 bits per heavy atom. The maximum atomic E-state index is 12.1. The number of hydrogen-bond acceptors (Lipinski definition) is 2. The Kier molecular flexibility index (Phi) is 3.61. The molecule has 25 heavy (non-hydrogen) atoms. The van der Waals surface area contributed by atoms with Gasteiger partial charge in [-0.1, -0.05) is 48.5 Å². The van der Waals surface area contributed by atoms with Crippen LogP contribution in [-0.4, -0.2) is 28.5 Å². The Bertz CT molecular complexity index is 1000. The summed E-state index contributed by atoms with van der Waals surface area (Å²) in [6.07, 6.45) is 3.76. The van der Waals surface area contributed by atoms with Crippen LogP contribution < -0.4 is 5.32 Å². The summed E-state index contributed by atoms with van der Waals surface area (Å²) in [6.45, 7) is 0.741. The number of benzene rings is 2. The largest absolute Gasteiger partial charge is 0.342 e. The van der Waals surface area contributed by atoms with Crippen molar-refractivity contribution in [1.29, 1.82) is 0 Å². The third-order valence-corrected chi connectivity index (χ3v) is 4.40. The van der Waals surface area contributed by atoms with Gasteiger partial charge >= 0.3 is 6.03 Å². The maximum Gasteiger partial charge on any atom is 0.328 e. The minimum Gasteiger partial charge on any atom is -0.342 e. The van der Waals surface area contributed by atoms with E-state index in [-0.39, 0.29) is 5.91 Å². The smallest absolute Gasteiger partial charge is 0.328 e. The molecule has 2 aromatic carbocycles. The number of para-hydroxylation sites is 1. The van der Waals surface area contributed by atoms with Crippen LogP contribution in [-0.2, 0) is 11.3 Å². The van der Waals surface area contributed by atoms with Crippen molar-refractivity contribution in [2.24, 2.45) is 0 Å². The third kappa shape index (κ3) is 2.70. The molecule has 1 aliphatic heterocycles. The molecule has 0 saturated carbocycles. The lowest BCUT2D eigenvalue weighted by Gasteiger charge is -2.05. The van der Waals surface area contributed by atoms with Crippen molar-refractivity contribution in [3.8, 4) is 0 Å². The second kappa shape index (κ2) is 5.94. The second-order valence-corrected chi connectivity index (χ2v) is 6.07. The number of fused-ring (bicyclic) bond motifs is 1. The van der Waals surface area contributed by atoms with Crippen LogP contribution >= 0.6 is 0 Å². The number of carbonyl (C=O) groups is 2. The van der Waals surface area contributed by atoms with Crippen LogP contribution in [0.25, 0.3) is 17.0 Å². The molecule has 1 N–H and O–H groups in total. The number of likely N-dealkylation sites (N-methyl/N-ethyl adjacent to an activating group) is 1. The van der Waals surface area contributed by atoms with Gasteiger partial charge in [-0.2, -0.15) is 0 Å². The van der Waals surface area contributed by atoms with E-state index in [1.165, 1.54) is 12.6 Å². The molecule has 5 nitrogen and oxygen atoms in total. The first-order valence-electron chi connectivity index (χ1n) is 8.06. The zero-order chi connectivity index (χ0) is 17.4. The van der Waals surface area contributed by atoms with E-state index in [9.17, 15) is 9.59 Å². The molecule has 1 aliphatic rings. The second-order valence-electron chi connectivity index (χ2n) is 6.07. The topological polar surface area (TPSA) is 54.3 Å². The molecule has 0 spiro atoms. The third-order valence-electron chi connectivity index (χ3n) is 4.40. The molecular formula is C20H17N3O2. The summed E-state index contributed by atoms with van der Waals surface area (Å²) >= 11 is 0. The Hall–Kier alpha value is -3.34. The zero-order valence-electron chi connectivity index (χ0n) is 13.8. The van der Waals surface area contributed by atoms with Crippen molar-refractivity contribution in [2.75, 3.05) is 7.05 Å². The monoisotopic (exact) mass is 331 g/mol. The Morgan fingerprint density at radius 2 is 1.72 bits per heavy atom. The van der Waals surface area contributed by atoms with Gasteiger partial charge in [-0.25, -0.2) is 4.79 Å². The molecule has 0 aliphatic carbocycles. The number of rotatable bonds is 3. The molecular weight excluding hydrogens is 314 g/mol. The average Bonchev–Trinajstić information content (AvgIpc) is 3.09. The fourth-order valence-electron chi connectivity index (χ4n) is 3.08. The molecule has 124 valence electrons. The van der Waals surface area contributed by atoms with Gasteiger partial charge < -0.3 is 9.88 Å². The summed E-state index contributed by atoms with van der Waals surface area (Å²) in [5.41, 5.74) is 3.50. The molecule has 1 aromatic heterocycles. The fraction of sp³-hybridized carbons (Fsp3) is 0.100. The molecule has 0 atom stereocenters. The standard InChI is InChI=1S/C20H17N3O2/c1-22-19(24)17(21-20(22)25)11-15-13-23(12-14-7-3-2-4-8-14)18-10-6-5-9-16(15)18/h2-11,13H,12H2,1H3,(H,21,25)/b17-11+. The lowest BCUT2D eigenvalue weighted by Crippen LogP contribution is -2.25. The first-order chi connectivity index (χ1) is 12.1. The number of carbonyl (C=O) groups excluding carboxylic acids is 2. The first kappa shape index (κ1) is 15.2. The molecule has 4 rings (SSSR count). The minimum absolute atomic E-state index is 0.301. The molecule has 2 heterocycles. The Labute approximate surface area is 145 Å². The van der Waals surface area contributed by atoms with Crippen molar-refractivity contribution in [2.45, 2.75) is 6.54 Å². The van der Waals surface area contributed by atoms with E-state index in [0.717, 1.165) is 27.9 Å². The van der Waals surface area contributed by atoms with Crippen molar-refractivity contribution in [3.63, 3.8) is 0 Å². The van der Waals surface area contributed by atoms with Crippen LogP contribution in [0.3, 0.4) is 0 Å². The van der Waals surface area contributed by atoms with E-state index < -0.39 is 6.03 Å². The van der Waals surface area contributed by atoms with Gasteiger partial charge in [0, 0.05) is 36.3 Å². The molecule has 0 radical (unpaired) electrons. The molecule has 1 fully saturated rings. The lowest BCUT2D eigenvalue weighted by atomic mass is 10.1. The van der Waals surface area contributed by atoms with Crippen LogP contribution in [0.5, 0.6) is 0 Å². The fourth-order valence-corrected chi connectivity index (χ4v) is 3.08. The highest BCUT2D eigenvalue weighted by Gasteiger charge is 2.30. The van der Waals surface area contributed by atoms with Crippen molar-refractivity contribution in [1.82, 2.24) is 14.8 Å². The van der Waals surface area contributed by atoms with Crippen molar-refractivity contribution >= 4 is 28.9 Å². The van der Waals surface area contributed by atoms with Gasteiger partial charge in [0.1, 0.15) is 5.70 Å². The average molecular weight is 331 g/mol. The number of imide groups is 1. The van der Waals surface area contributed by atoms with Gasteiger partial charge in [-0.15, -0.1) is 0 Å². The number of hydrogen-bond donors (Lipinski definition) is 1. The van der Waals surface area contributed by atoms with Gasteiger partial charge in [-0.05, 0) is 17.7 Å². The van der Waals surface area contributed by atoms with Gasteiger partial charge in [0.2, 0.25) is 0 Å². The minimum atomic E-state index is -0.399. The number of nitrogens with zero attached hydrogens (tertiary/aromatic N) is 2. The predicted octanol–water partition coefficient (Wildman–Crippen LogP) is 3.21. The Balaban J connectivity index is 1.78. The quantitative estimate of drug-likeness (QED) is 0.592. The summed E-state index contributed by atoms with van der Waals surface area (Å²) in [6, 6.07) is 17.9. The van der Waals surface area contributed by atoms with Gasteiger partial charge in [0.25, 0.3) is 5.91 Å². The summed E-state index contributed by atoms with van der Waals surface area (Å²) in [7, 11) is 1.47. The first-order valence-corrected chi connectivity index (χ1v) is 8.06. The highest BCUT2D eigenvalue weighted by molar-refractivity contribution is 6.14. The number of aromatic nitrogens is 1. The van der Waals surface area contributed by atoms with Crippen LogP contribution in [0.1, 0.15) is 11.1 Å². The van der Waals surface area contributed by atoms with Crippen LogP contribution in [0.15, 0.2) is 66.5 Å². The summed E-state index contributed by atoms with van der Waals surface area (Å²) in [5, 5.41) is 3.66. The van der Waals surface area contributed by atoms with E-state index >= 15 is 0 Å². The van der Waals surface area contributed by atoms with Crippen molar-refractivity contribution < 1.29 is 9.59 Å². The molecule has 5 heteroatoms. The summed E-state index contributed by atoms with van der Waals surface area (Å²) in [4.78, 5) is 24.8. The summed E-state index contributed by atoms with van der Waals surface area (Å²) in [5.74, 6) is -0.315. The number of urea groups is 1. The highest BCUT2D eigenvalue weighted by atomic mass is 16.2. The predicted molar refractivity (Wildman–Crippen MR) is 96.8 cm³/mol. The van der Waals surface area contributed by atoms with E-state index in [1.807, 2.05) is 42.6 Å². The van der Waals surface area contributed by atoms with E-state index in [1.54, 1.807) is 6.08 Å². The van der Waals surface area contributed by atoms with Gasteiger partial charge in [-0.3, -0.25) is 9.69 Å². The molecule has 3 aromatic rings. The molecule has 0 bridgehead atoms. The van der Waals surface area contributed by atoms with Crippen LogP contribution in [0.2, 0.25) is 0 Å². The van der Waals surface area contributed by atoms with E-state index in [0.29, 0.717) is 5.70 Å².